The Kier molecular flexibility index (Phi) is 6.47. The molecule has 4 rings (SSSR count). The van der Waals surface area contributed by atoms with Gasteiger partial charge in [0.25, 0.3) is 0 Å². The van der Waals surface area contributed by atoms with Crippen LogP contribution in [0.1, 0.15) is 23.6 Å². The summed E-state index contributed by atoms with van der Waals surface area (Å²) in [5, 5.41) is 4.26. The molecule has 1 aliphatic heterocycles. The van der Waals surface area contributed by atoms with Gasteiger partial charge in [-0.1, -0.05) is 72.4 Å². The Labute approximate surface area is 176 Å². The van der Waals surface area contributed by atoms with E-state index in [9.17, 15) is 0 Å². The Hall–Kier alpha value is -2.79. The van der Waals surface area contributed by atoms with Crippen LogP contribution in [0, 0.1) is 0 Å². The largest absolute Gasteiger partial charge is 0.485 e. The summed E-state index contributed by atoms with van der Waals surface area (Å²) < 4.78 is 6.16. The van der Waals surface area contributed by atoms with Crippen molar-refractivity contribution in [3.8, 4) is 5.75 Å². The van der Waals surface area contributed by atoms with Crippen LogP contribution in [0.5, 0.6) is 5.75 Å². The molecular weight excluding hydrogens is 378 g/mol. The number of pyridine rings is 1. The fourth-order valence-corrected chi connectivity index (χ4v) is 4.04. The first-order chi connectivity index (χ1) is 14.3. The third-order valence-electron chi connectivity index (χ3n) is 4.72. The van der Waals surface area contributed by atoms with E-state index in [-0.39, 0.29) is 0 Å². The molecular formula is C24H25N3OS. The maximum atomic E-state index is 6.16. The first-order valence-corrected chi connectivity index (χ1v) is 10.9. The van der Waals surface area contributed by atoms with Gasteiger partial charge in [0.2, 0.25) is 0 Å². The average molecular weight is 404 g/mol. The van der Waals surface area contributed by atoms with Crippen molar-refractivity contribution in [2.45, 2.75) is 32.4 Å². The summed E-state index contributed by atoms with van der Waals surface area (Å²) in [7, 11) is 0. The first-order valence-electron chi connectivity index (χ1n) is 9.93. The van der Waals surface area contributed by atoms with Crippen LogP contribution in [-0.2, 0) is 19.4 Å². The number of benzene rings is 2. The zero-order valence-electron chi connectivity index (χ0n) is 16.5. The normalized spacial score (nSPS) is 15.8. The minimum Gasteiger partial charge on any atom is -0.485 e. The summed E-state index contributed by atoms with van der Waals surface area (Å²) in [5.41, 5.74) is 3.62. The molecule has 0 amide bonds. The maximum Gasteiger partial charge on any atom is 0.174 e. The Morgan fingerprint density at radius 3 is 2.34 bits per heavy atom. The van der Waals surface area contributed by atoms with Crippen LogP contribution in [-0.4, -0.2) is 21.9 Å². The van der Waals surface area contributed by atoms with Gasteiger partial charge in [-0.05, 0) is 42.5 Å². The maximum absolute atomic E-state index is 6.16. The molecule has 1 N–H and O–H groups in total. The lowest BCUT2D eigenvalue weighted by atomic mass is 10.1. The lowest BCUT2D eigenvalue weighted by Crippen LogP contribution is -2.10. The summed E-state index contributed by atoms with van der Waals surface area (Å²) in [6.07, 6.45) is 3.84. The molecule has 0 radical (unpaired) electrons. The minimum atomic E-state index is 0.335. The topological polar surface area (TPSA) is 46.5 Å². The zero-order valence-corrected chi connectivity index (χ0v) is 17.4. The third-order valence-corrected chi connectivity index (χ3v) is 5.85. The van der Waals surface area contributed by atoms with Gasteiger partial charge in [0.1, 0.15) is 6.61 Å². The Balaban J connectivity index is 1.50. The van der Waals surface area contributed by atoms with Crippen molar-refractivity contribution < 1.29 is 4.74 Å². The molecule has 0 saturated carbocycles. The summed E-state index contributed by atoms with van der Waals surface area (Å²) in [6.45, 7) is 2.63. The highest BCUT2D eigenvalue weighted by Crippen LogP contribution is 2.28. The molecule has 0 saturated heterocycles. The van der Waals surface area contributed by atoms with E-state index >= 15 is 0 Å². The SMILES string of the molecule is CC1CSC(Nc2ncc(CCc3ccccc3)cc2OCc2ccccc2)=N1. The number of rotatable bonds is 7. The van der Waals surface area contributed by atoms with E-state index in [2.05, 4.69) is 64.7 Å². The molecule has 148 valence electrons. The molecule has 1 unspecified atom stereocenters. The first kappa shape index (κ1) is 19.5. The number of nitrogens with one attached hydrogen (secondary N) is 1. The van der Waals surface area contributed by atoms with Crippen molar-refractivity contribution in [3.63, 3.8) is 0 Å². The van der Waals surface area contributed by atoms with Crippen LogP contribution in [0.3, 0.4) is 0 Å². The van der Waals surface area contributed by atoms with Crippen LogP contribution in [0.25, 0.3) is 0 Å². The van der Waals surface area contributed by atoms with Crippen molar-refractivity contribution in [3.05, 3.63) is 89.6 Å². The van der Waals surface area contributed by atoms with E-state index in [4.69, 9.17) is 4.74 Å². The lowest BCUT2D eigenvalue weighted by Gasteiger charge is -2.14. The average Bonchev–Trinajstić information content (AvgIpc) is 3.18. The number of aliphatic imine (C=N–C) groups is 1. The molecule has 5 heteroatoms. The highest BCUT2D eigenvalue weighted by atomic mass is 32.2. The highest BCUT2D eigenvalue weighted by Gasteiger charge is 2.17. The number of anilines is 1. The second kappa shape index (κ2) is 9.61. The van der Waals surface area contributed by atoms with Gasteiger partial charge in [0, 0.05) is 11.9 Å². The van der Waals surface area contributed by atoms with E-state index in [1.165, 1.54) is 5.56 Å². The van der Waals surface area contributed by atoms with Gasteiger partial charge in [0.15, 0.2) is 16.7 Å². The van der Waals surface area contributed by atoms with Gasteiger partial charge in [-0.25, -0.2) is 4.98 Å². The molecule has 2 heterocycles. The van der Waals surface area contributed by atoms with Crippen LogP contribution < -0.4 is 10.1 Å². The summed E-state index contributed by atoms with van der Waals surface area (Å²) in [5.74, 6) is 2.49. The zero-order chi connectivity index (χ0) is 19.9. The van der Waals surface area contributed by atoms with Crippen LogP contribution in [0.2, 0.25) is 0 Å². The van der Waals surface area contributed by atoms with Gasteiger partial charge in [-0.2, -0.15) is 0 Å². The number of aryl methyl sites for hydroxylation is 2. The number of aromatic nitrogens is 1. The Bertz CT molecular complexity index is 960. The number of amidine groups is 1. The van der Waals surface area contributed by atoms with Crippen molar-refractivity contribution in [1.29, 1.82) is 0 Å². The van der Waals surface area contributed by atoms with Gasteiger partial charge >= 0.3 is 0 Å². The number of hydrogen-bond donors (Lipinski definition) is 1. The molecule has 0 spiro atoms. The van der Waals surface area contributed by atoms with Crippen molar-refractivity contribution in [1.82, 2.24) is 4.98 Å². The molecule has 0 bridgehead atoms. The van der Waals surface area contributed by atoms with Crippen LogP contribution >= 0.6 is 11.8 Å². The summed E-state index contributed by atoms with van der Waals surface area (Å²) >= 11 is 1.72. The number of thioether (sulfide) groups is 1. The standard InChI is InChI=1S/C24H25N3OS/c1-18-17-29-24(26-18)27-23-22(28-16-20-10-6-3-7-11-20)14-21(15-25-23)13-12-19-8-4-2-5-9-19/h2-11,14-15,18H,12-13,16-17H2,1H3,(H,25,26,27). The van der Waals surface area contributed by atoms with E-state index in [1.807, 2.05) is 30.5 Å². The van der Waals surface area contributed by atoms with Gasteiger partial charge < -0.3 is 10.1 Å². The predicted molar refractivity (Wildman–Crippen MR) is 122 cm³/mol. The van der Waals surface area contributed by atoms with Crippen LogP contribution in [0.4, 0.5) is 5.82 Å². The Morgan fingerprint density at radius 2 is 1.66 bits per heavy atom. The summed E-state index contributed by atoms with van der Waals surface area (Å²) in [6, 6.07) is 23.2. The molecule has 1 atom stereocenters. The molecule has 2 aromatic carbocycles. The van der Waals surface area contributed by atoms with Crippen molar-refractivity contribution in [2.24, 2.45) is 4.99 Å². The highest BCUT2D eigenvalue weighted by molar-refractivity contribution is 8.14. The van der Waals surface area contributed by atoms with Crippen molar-refractivity contribution >= 4 is 22.7 Å². The predicted octanol–water partition coefficient (Wildman–Crippen LogP) is 5.35. The minimum absolute atomic E-state index is 0.335. The van der Waals surface area contributed by atoms with E-state index in [0.717, 1.165) is 46.5 Å². The monoisotopic (exact) mass is 403 g/mol. The van der Waals surface area contributed by atoms with E-state index in [1.54, 1.807) is 11.8 Å². The fourth-order valence-electron chi connectivity index (χ4n) is 3.14. The van der Waals surface area contributed by atoms with Gasteiger partial charge in [-0.15, -0.1) is 0 Å². The Morgan fingerprint density at radius 1 is 0.966 bits per heavy atom. The molecule has 0 aliphatic carbocycles. The number of ether oxygens (including phenoxy) is 1. The fraction of sp³-hybridized carbons (Fsp3) is 0.250. The molecule has 4 nitrogen and oxygen atoms in total. The number of nitrogens with zero attached hydrogens (tertiary/aromatic N) is 2. The molecule has 0 fully saturated rings. The number of hydrogen-bond acceptors (Lipinski definition) is 5. The molecule has 1 aliphatic rings. The second-order valence-electron chi connectivity index (χ2n) is 7.17. The van der Waals surface area contributed by atoms with E-state index in [0.29, 0.717) is 12.6 Å². The second-order valence-corrected chi connectivity index (χ2v) is 8.18. The smallest absolute Gasteiger partial charge is 0.174 e. The van der Waals surface area contributed by atoms with Gasteiger partial charge in [-0.3, -0.25) is 4.99 Å². The molecule has 3 aromatic rings. The lowest BCUT2D eigenvalue weighted by molar-refractivity contribution is 0.306. The quantitative estimate of drug-likeness (QED) is 0.578. The van der Waals surface area contributed by atoms with E-state index < -0.39 is 0 Å². The molecule has 29 heavy (non-hydrogen) atoms. The summed E-state index contributed by atoms with van der Waals surface area (Å²) in [4.78, 5) is 9.28. The van der Waals surface area contributed by atoms with Gasteiger partial charge in [0.05, 0.1) is 6.04 Å². The third kappa shape index (κ3) is 5.61. The van der Waals surface area contributed by atoms with Crippen molar-refractivity contribution in [2.75, 3.05) is 11.1 Å². The van der Waals surface area contributed by atoms with Crippen LogP contribution in [0.15, 0.2) is 77.9 Å². The molecule has 1 aromatic heterocycles.